The summed E-state index contributed by atoms with van der Waals surface area (Å²) in [4.78, 5) is 0. The third-order valence-electron chi connectivity index (χ3n) is 17.3. The summed E-state index contributed by atoms with van der Waals surface area (Å²) in [6.45, 7) is 20.0. The summed E-state index contributed by atoms with van der Waals surface area (Å²) in [6.07, 6.45) is 9.00. The van der Waals surface area contributed by atoms with Gasteiger partial charge in [0.2, 0.25) is 0 Å². The molecule has 5 fully saturated rings. The van der Waals surface area contributed by atoms with Gasteiger partial charge in [-0.25, -0.2) is 0 Å². The molecule has 0 bridgehead atoms. The fourth-order valence-corrected chi connectivity index (χ4v) is 14.7. The van der Waals surface area contributed by atoms with Crippen LogP contribution in [0.5, 0.6) is 0 Å². The van der Waals surface area contributed by atoms with E-state index in [9.17, 15) is 10.2 Å². The van der Waals surface area contributed by atoms with Crippen LogP contribution in [-0.4, -0.2) is 29.0 Å². The number of hydrogen-bond donors (Lipinski definition) is 2. The Morgan fingerprint density at radius 2 is 1.25 bits per heavy atom. The Morgan fingerprint density at radius 3 is 1.79 bits per heavy atom. The molecule has 3 nitrogen and oxygen atoms in total. The second-order valence-corrected chi connectivity index (χ2v) is 19.7. The number of aliphatic hydroxyl groups is 2. The quantitative estimate of drug-likeness (QED) is 0.191. The lowest BCUT2D eigenvalue weighted by atomic mass is 9.32. The van der Waals surface area contributed by atoms with Gasteiger partial charge in [0, 0.05) is 0 Å². The van der Waals surface area contributed by atoms with E-state index in [1.165, 1.54) is 67.2 Å². The predicted molar refractivity (Wildman–Crippen MR) is 212 cm³/mol. The number of ether oxygens (including phenoxy) is 1. The number of benzene rings is 3. The maximum atomic E-state index is 11.3. The zero-order valence-corrected chi connectivity index (χ0v) is 32.8. The summed E-state index contributed by atoms with van der Waals surface area (Å²) in [5.41, 5.74) is 4.34. The number of hydrogen-bond acceptors (Lipinski definition) is 3. The Bertz CT molecular complexity index is 1650. The van der Waals surface area contributed by atoms with Crippen molar-refractivity contribution in [3.63, 3.8) is 0 Å². The predicted octanol–water partition coefficient (Wildman–Crippen LogP) is 11.0. The maximum Gasteiger partial charge on any atom is 0.143 e. The van der Waals surface area contributed by atoms with E-state index in [0.29, 0.717) is 29.6 Å². The summed E-state index contributed by atoms with van der Waals surface area (Å²) >= 11 is 0. The molecular weight excluding hydrogens is 637 g/mol. The fraction of sp³-hybridized carbons (Fsp3) is 0.592. The van der Waals surface area contributed by atoms with Crippen molar-refractivity contribution in [3.05, 3.63) is 120 Å². The molecule has 11 atom stereocenters. The van der Waals surface area contributed by atoms with E-state index in [0.717, 1.165) is 19.4 Å². The summed E-state index contributed by atoms with van der Waals surface area (Å²) in [6, 6.07) is 32.7. The zero-order chi connectivity index (χ0) is 36.7. The third-order valence-corrected chi connectivity index (χ3v) is 17.3. The molecule has 2 N–H and O–H groups in total. The lowest BCUT2D eigenvalue weighted by molar-refractivity contribution is -0.266. The average molecular weight is 701 g/mol. The van der Waals surface area contributed by atoms with Gasteiger partial charge in [-0.15, -0.1) is 0 Å². The molecule has 3 aromatic rings. The van der Waals surface area contributed by atoms with E-state index in [-0.39, 0.29) is 27.1 Å². The van der Waals surface area contributed by atoms with Gasteiger partial charge in [-0.05, 0) is 138 Å². The van der Waals surface area contributed by atoms with E-state index in [4.69, 9.17) is 4.74 Å². The first-order valence-corrected chi connectivity index (χ1v) is 20.6. The molecule has 3 aromatic carbocycles. The fourth-order valence-electron chi connectivity index (χ4n) is 14.7. The molecule has 8 rings (SSSR count). The van der Waals surface area contributed by atoms with Crippen molar-refractivity contribution in [1.82, 2.24) is 0 Å². The summed E-state index contributed by atoms with van der Waals surface area (Å²) in [5.74, 6) is 2.59. The number of allylic oxidation sites excluding steroid dienone is 1. The lowest BCUT2D eigenvalue weighted by Crippen LogP contribution is -2.68. The minimum Gasteiger partial charge on any atom is -0.390 e. The molecular formula is C49H64O3. The topological polar surface area (TPSA) is 49.7 Å². The standard InChI is InChI=1S/C49H64O3/c1-33(2)37-25-28-48(32-52-49(34-17-11-8-12-18-34,35-19-13-9-14-20-35)36-21-15-10-16-22-36)30-29-46(6)38(42(37)48)23-24-41-45(5)31-39(50)43(51)44(3,4)40(45)26-27-47(41,46)7/h8-22,37-43,50-51H,1,23-32H2,2-7H3/t37-,38+,39-,40-,41+,42+,43-,45-,46+,47+,48+/m0/s1. The van der Waals surface area contributed by atoms with Crippen molar-refractivity contribution in [2.75, 3.05) is 6.61 Å². The molecule has 0 aliphatic heterocycles. The minimum absolute atomic E-state index is 0.0187. The Kier molecular flexibility index (Phi) is 8.84. The highest BCUT2D eigenvalue weighted by molar-refractivity contribution is 5.47. The van der Waals surface area contributed by atoms with Gasteiger partial charge < -0.3 is 14.9 Å². The van der Waals surface area contributed by atoms with Crippen LogP contribution in [0.15, 0.2) is 103 Å². The Labute approximate surface area is 314 Å². The molecule has 0 amide bonds. The molecule has 0 unspecified atom stereocenters. The normalized spacial score (nSPS) is 40.9. The number of rotatable bonds is 7. The van der Waals surface area contributed by atoms with Crippen LogP contribution < -0.4 is 0 Å². The molecule has 0 spiro atoms. The van der Waals surface area contributed by atoms with Crippen molar-refractivity contribution in [2.45, 2.75) is 117 Å². The van der Waals surface area contributed by atoms with Crippen LogP contribution in [-0.2, 0) is 10.3 Å². The average Bonchev–Trinajstić information content (AvgIpc) is 3.53. The molecule has 3 heteroatoms. The second-order valence-electron chi connectivity index (χ2n) is 19.7. The van der Waals surface area contributed by atoms with Gasteiger partial charge >= 0.3 is 0 Å². The summed E-state index contributed by atoms with van der Waals surface area (Å²) in [7, 11) is 0. The Balaban J connectivity index is 1.19. The van der Waals surface area contributed by atoms with Gasteiger partial charge in [-0.3, -0.25) is 0 Å². The first-order chi connectivity index (χ1) is 24.7. The molecule has 0 saturated heterocycles. The second kappa shape index (κ2) is 12.7. The van der Waals surface area contributed by atoms with E-state index >= 15 is 0 Å². The highest BCUT2D eigenvalue weighted by atomic mass is 16.5. The van der Waals surface area contributed by atoms with Crippen molar-refractivity contribution in [1.29, 1.82) is 0 Å². The summed E-state index contributed by atoms with van der Waals surface area (Å²) < 4.78 is 7.75. The third kappa shape index (κ3) is 5.00. The lowest BCUT2D eigenvalue weighted by Gasteiger charge is -2.73. The van der Waals surface area contributed by atoms with E-state index in [1.54, 1.807) is 0 Å². The van der Waals surface area contributed by atoms with Crippen LogP contribution in [0.2, 0.25) is 0 Å². The first-order valence-electron chi connectivity index (χ1n) is 20.6. The zero-order valence-electron chi connectivity index (χ0n) is 32.8. The van der Waals surface area contributed by atoms with Gasteiger partial charge in [0.05, 0.1) is 18.8 Å². The monoisotopic (exact) mass is 700 g/mol. The van der Waals surface area contributed by atoms with Crippen LogP contribution in [0.3, 0.4) is 0 Å². The molecule has 0 radical (unpaired) electrons. The van der Waals surface area contributed by atoms with Gasteiger partial charge in [-0.1, -0.05) is 138 Å². The van der Waals surface area contributed by atoms with Crippen molar-refractivity contribution in [3.8, 4) is 0 Å². The van der Waals surface area contributed by atoms with E-state index < -0.39 is 17.8 Å². The number of fused-ring (bicyclic) bond motifs is 7. The highest BCUT2D eigenvalue weighted by Crippen LogP contribution is 2.77. The highest BCUT2D eigenvalue weighted by Gasteiger charge is 2.71. The minimum atomic E-state index is -0.721. The van der Waals surface area contributed by atoms with Crippen LogP contribution in [0, 0.1) is 56.7 Å². The molecule has 0 aromatic heterocycles. The molecule has 5 saturated carbocycles. The van der Waals surface area contributed by atoms with Crippen molar-refractivity contribution in [2.24, 2.45) is 56.7 Å². The van der Waals surface area contributed by atoms with E-state index in [1.807, 2.05) is 0 Å². The molecule has 52 heavy (non-hydrogen) atoms. The molecule has 0 heterocycles. The van der Waals surface area contributed by atoms with Gasteiger partial charge in [0.1, 0.15) is 5.60 Å². The first kappa shape index (κ1) is 36.3. The van der Waals surface area contributed by atoms with Crippen LogP contribution in [0.1, 0.15) is 116 Å². The van der Waals surface area contributed by atoms with Crippen molar-refractivity contribution >= 4 is 0 Å². The Morgan fingerprint density at radius 1 is 0.692 bits per heavy atom. The van der Waals surface area contributed by atoms with E-state index in [2.05, 4.69) is 139 Å². The SMILES string of the molecule is C=C(C)[C@@H]1CC[C@]2(COC(c3ccccc3)(c3ccccc3)c3ccccc3)CC[C@]3(C)[C@H](CC[C@@H]4[C@@]5(C)C[C@H](O)[C@H](O)C(C)(C)[C@@H]5CC[C@]43C)[C@@H]12. The maximum absolute atomic E-state index is 11.3. The largest absolute Gasteiger partial charge is 0.390 e. The van der Waals surface area contributed by atoms with Crippen LogP contribution in [0.4, 0.5) is 0 Å². The van der Waals surface area contributed by atoms with Gasteiger partial charge in [-0.2, -0.15) is 0 Å². The van der Waals surface area contributed by atoms with Crippen LogP contribution >= 0.6 is 0 Å². The van der Waals surface area contributed by atoms with Crippen LogP contribution in [0.25, 0.3) is 0 Å². The molecule has 5 aliphatic rings. The smallest absolute Gasteiger partial charge is 0.143 e. The summed E-state index contributed by atoms with van der Waals surface area (Å²) in [5, 5.41) is 22.6. The molecule has 5 aliphatic carbocycles. The Hall–Kier alpha value is -2.72. The van der Waals surface area contributed by atoms with Gasteiger partial charge in [0.25, 0.3) is 0 Å². The number of aliphatic hydroxyl groups excluding tert-OH is 2. The van der Waals surface area contributed by atoms with Crippen molar-refractivity contribution < 1.29 is 14.9 Å². The molecule has 278 valence electrons. The van der Waals surface area contributed by atoms with Gasteiger partial charge in [0.15, 0.2) is 0 Å².